The summed E-state index contributed by atoms with van der Waals surface area (Å²) in [6.07, 6.45) is -6.68. The van der Waals surface area contributed by atoms with Crippen LogP contribution in [0, 0.1) is 6.92 Å². The second kappa shape index (κ2) is 7.98. The number of nitrogens with one attached hydrogen (secondary N) is 1. The van der Waals surface area contributed by atoms with Gasteiger partial charge in [-0.05, 0) is 19.9 Å². The van der Waals surface area contributed by atoms with Crippen LogP contribution >= 0.6 is 11.6 Å². The first-order valence-corrected chi connectivity index (χ1v) is 7.70. The van der Waals surface area contributed by atoms with E-state index in [1.807, 2.05) is 0 Å². The van der Waals surface area contributed by atoms with Crippen LogP contribution in [0.25, 0.3) is 0 Å². The summed E-state index contributed by atoms with van der Waals surface area (Å²) in [7, 11) is 0. The van der Waals surface area contributed by atoms with Gasteiger partial charge in [-0.25, -0.2) is 23.7 Å². The summed E-state index contributed by atoms with van der Waals surface area (Å²) < 4.78 is 68.5. The van der Waals surface area contributed by atoms with Crippen molar-refractivity contribution in [2.75, 3.05) is 11.9 Å². The van der Waals surface area contributed by atoms with Crippen molar-refractivity contribution in [3.8, 4) is 5.88 Å². The molecule has 0 radical (unpaired) electrons. The standard InChI is InChI=1S/C15H14ClF5N4O/c1-7(6-26-10-4-3-9(5-22-10)15(19,20)21)23-14-11(16)12(13(17)18)24-8(2)25-14/h3-5,7,13H,6H2,1-2H3,(H,23,24,25). The van der Waals surface area contributed by atoms with E-state index >= 15 is 0 Å². The van der Waals surface area contributed by atoms with Crippen LogP contribution in [0.15, 0.2) is 18.3 Å². The number of ether oxygens (including phenoxy) is 1. The molecule has 0 aliphatic rings. The van der Waals surface area contributed by atoms with E-state index in [0.29, 0.717) is 6.20 Å². The third-order valence-electron chi connectivity index (χ3n) is 3.12. The Morgan fingerprint density at radius 2 is 1.92 bits per heavy atom. The minimum absolute atomic E-state index is 0.00937. The van der Waals surface area contributed by atoms with Gasteiger partial charge in [0.25, 0.3) is 6.43 Å². The van der Waals surface area contributed by atoms with Crippen LogP contribution in [0.2, 0.25) is 5.02 Å². The molecule has 0 saturated heterocycles. The maximum absolute atomic E-state index is 12.9. The van der Waals surface area contributed by atoms with E-state index in [4.69, 9.17) is 16.3 Å². The zero-order chi connectivity index (χ0) is 19.5. The van der Waals surface area contributed by atoms with Crippen LogP contribution in [-0.4, -0.2) is 27.6 Å². The maximum atomic E-state index is 12.9. The predicted octanol–water partition coefficient (Wildman–Crippen LogP) is 4.67. The van der Waals surface area contributed by atoms with Gasteiger partial charge in [0, 0.05) is 12.3 Å². The van der Waals surface area contributed by atoms with Crippen molar-refractivity contribution < 1.29 is 26.7 Å². The fourth-order valence-corrected chi connectivity index (χ4v) is 2.16. The van der Waals surface area contributed by atoms with Crippen molar-refractivity contribution in [3.05, 3.63) is 40.4 Å². The topological polar surface area (TPSA) is 59.9 Å². The molecule has 0 fully saturated rings. The first-order valence-electron chi connectivity index (χ1n) is 7.32. The zero-order valence-corrected chi connectivity index (χ0v) is 14.4. The quantitative estimate of drug-likeness (QED) is 0.719. The molecule has 2 rings (SSSR count). The van der Waals surface area contributed by atoms with Gasteiger partial charge in [-0.15, -0.1) is 0 Å². The summed E-state index contributed by atoms with van der Waals surface area (Å²) >= 11 is 5.87. The van der Waals surface area contributed by atoms with E-state index in [1.165, 1.54) is 6.92 Å². The van der Waals surface area contributed by atoms with Crippen molar-refractivity contribution >= 4 is 17.4 Å². The summed E-state index contributed by atoms with van der Waals surface area (Å²) in [5, 5.41) is 2.50. The fraction of sp³-hybridized carbons (Fsp3) is 0.400. The molecule has 0 saturated carbocycles. The average molecular weight is 397 g/mol. The number of aromatic nitrogens is 3. The van der Waals surface area contributed by atoms with E-state index in [2.05, 4.69) is 20.3 Å². The first kappa shape index (κ1) is 20.1. The molecule has 2 aromatic rings. The molecule has 1 N–H and O–H groups in total. The molecule has 0 aliphatic heterocycles. The number of hydrogen-bond acceptors (Lipinski definition) is 5. The summed E-state index contributed by atoms with van der Waals surface area (Å²) in [5.41, 5.74) is -1.47. The molecule has 1 unspecified atom stereocenters. The number of anilines is 1. The number of pyridine rings is 1. The van der Waals surface area contributed by atoms with E-state index in [0.717, 1.165) is 12.1 Å². The molecule has 0 aromatic carbocycles. The van der Waals surface area contributed by atoms with Crippen molar-refractivity contribution in [2.24, 2.45) is 0 Å². The van der Waals surface area contributed by atoms with Crippen LogP contribution in [0.3, 0.4) is 0 Å². The highest BCUT2D eigenvalue weighted by Gasteiger charge is 2.30. The molecular weight excluding hydrogens is 383 g/mol. The summed E-state index contributed by atoms with van der Waals surface area (Å²) in [5.74, 6) is 0.126. The highest BCUT2D eigenvalue weighted by atomic mass is 35.5. The van der Waals surface area contributed by atoms with Gasteiger partial charge in [0.2, 0.25) is 5.88 Å². The van der Waals surface area contributed by atoms with E-state index in [9.17, 15) is 22.0 Å². The lowest BCUT2D eigenvalue weighted by Gasteiger charge is -2.17. The number of aryl methyl sites for hydroxylation is 1. The minimum Gasteiger partial charge on any atom is -0.475 e. The average Bonchev–Trinajstić information content (AvgIpc) is 2.55. The molecule has 5 nitrogen and oxygen atoms in total. The Kier molecular flexibility index (Phi) is 6.17. The van der Waals surface area contributed by atoms with Crippen LogP contribution in [0.1, 0.15) is 30.4 Å². The fourth-order valence-electron chi connectivity index (χ4n) is 1.94. The molecule has 26 heavy (non-hydrogen) atoms. The van der Waals surface area contributed by atoms with Gasteiger partial charge >= 0.3 is 6.18 Å². The van der Waals surface area contributed by atoms with Gasteiger partial charge in [-0.1, -0.05) is 11.6 Å². The normalized spacial score (nSPS) is 13.0. The molecule has 0 bridgehead atoms. The Morgan fingerprint density at radius 3 is 2.46 bits per heavy atom. The van der Waals surface area contributed by atoms with Crippen molar-refractivity contribution in [1.82, 2.24) is 15.0 Å². The van der Waals surface area contributed by atoms with Crippen LogP contribution in [-0.2, 0) is 6.18 Å². The van der Waals surface area contributed by atoms with Crippen LogP contribution < -0.4 is 10.1 Å². The van der Waals surface area contributed by atoms with Gasteiger partial charge in [-0.3, -0.25) is 0 Å². The van der Waals surface area contributed by atoms with Crippen LogP contribution in [0.4, 0.5) is 27.8 Å². The Hall–Kier alpha value is -2.23. The Balaban J connectivity index is 2.00. The molecule has 1 atom stereocenters. The van der Waals surface area contributed by atoms with Crippen molar-refractivity contribution in [2.45, 2.75) is 32.5 Å². The molecule has 2 heterocycles. The SMILES string of the molecule is Cc1nc(NC(C)COc2ccc(C(F)(F)F)cn2)c(Cl)c(C(F)F)n1. The van der Waals surface area contributed by atoms with E-state index in [-0.39, 0.29) is 29.2 Å². The predicted molar refractivity (Wildman–Crippen MR) is 84.6 cm³/mol. The summed E-state index contributed by atoms with van der Waals surface area (Å²) in [6, 6.07) is 1.49. The van der Waals surface area contributed by atoms with E-state index in [1.54, 1.807) is 6.92 Å². The summed E-state index contributed by atoms with van der Waals surface area (Å²) in [4.78, 5) is 11.1. The molecular formula is C15H14ClF5N4O. The number of alkyl halides is 5. The monoisotopic (exact) mass is 396 g/mol. The number of rotatable bonds is 6. The number of nitrogens with zero attached hydrogens (tertiary/aromatic N) is 3. The maximum Gasteiger partial charge on any atom is 0.417 e. The van der Waals surface area contributed by atoms with Gasteiger partial charge in [0.15, 0.2) is 0 Å². The third kappa shape index (κ3) is 5.13. The Bertz CT molecular complexity index is 755. The second-order valence-corrected chi connectivity index (χ2v) is 5.74. The van der Waals surface area contributed by atoms with Crippen molar-refractivity contribution in [3.63, 3.8) is 0 Å². The zero-order valence-electron chi connectivity index (χ0n) is 13.6. The van der Waals surface area contributed by atoms with Crippen molar-refractivity contribution in [1.29, 1.82) is 0 Å². The number of halogens is 6. The molecule has 0 aliphatic carbocycles. The van der Waals surface area contributed by atoms with Gasteiger partial charge < -0.3 is 10.1 Å². The molecule has 11 heteroatoms. The number of hydrogen-bond donors (Lipinski definition) is 1. The Labute approximate surface area is 150 Å². The highest BCUT2D eigenvalue weighted by Crippen LogP contribution is 2.31. The van der Waals surface area contributed by atoms with Gasteiger partial charge in [0.1, 0.15) is 29.0 Å². The molecule has 2 aromatic heterocycles. The molecule has 0 amide bonds. The lowest BCUT2D eigenvalue weighted by molar-refractivity contribution is -0.137. The highest BCUT2D eigenvalue weighted by molar-refractivity contribution is 6.33. The largest absolute Gasteiger partial charge is 0.475 e. The van der Waals surface area contributed by atoms with Gasteiger partial charge in [-0.2, -0.15) is 13.2 Å². The molecule has 142 valence electrons. The lowest BCUT2D eigenvalue weighted by Crippen LogP contribution is -2.25. The molecule has 0 spiro atoms. The minimum atomic E-state index is -4.48. The lowest BCUT2D eigenvalue weighted by atomic mass is 10.3. The summed E-state index contributed by atoms with van der Waals surface area (Å²) in [6.45, 7) is 3.09. The second-order valence-electron chi connectivity index (χ2n) is 5.36. The van der Waals surface area contributed by atoms with Crippen LogP contribution in [0.5, 0.6) is 5.88 Å². The van der Waals surface area contributed by atoms with E-state index < -0.39 is 29.9 Å². The first-order chi connectivity index (χ1) is 12.1. The smallest absolute Gasteiger partial charge is 0.417 e. The van der Waals surface area contributed by atoms with Gasteiger partial charge in [0.05, 0.1) is 11.6 Å². The Morgan fingerprint density at radius 1 is 1.23 bits per heavy atom. The third-order valence-corrected chi connectivity index (χ3v) is 3.50.